The number of carbonyl (C=O) groups is 1. The van der Waals surface area contributed by atoms with Crippen molar-refractivity contribution in [2.75, 3.05) is 26.2 Å². The molecule has 114 valence electrons. The van der Waals surface area contributed by atoms with E-state index in [1.54, 1.807) is 0 Å². The number of nitrogens with one attached hydrogen (secondary N) is 1. The van der Waals surface area contributed by atoms with Gasteiger partial charge in [-0.15, -0.1) is 0 Å². The Morgan fingerprint density at radius 1 is 1.38 bits per heavy atom. The minimum absolute atomic E-state index is 0.192. The topological polar surface area (TPSA) is 52.6 Å². The highest BCUT2D eigenvalue weighted by atomic mass is 16.3. The molecule has 0 aromatic heterocycles. The highest BCUT2D eigenvalue weighted by molar-refractivity contribution is 5.84. The Morgan fingerprint density at radius 3 is 3.10 bits per heavy atom. The minimum atomic E-state index is -0.192. The van der Waals surface area contributed by atoms with Crippen LogP contribution in [-0.4, -0.2) is 42.2 Å². The van der Waals surface area contributed by atoms with Crippen molar-refractivity contribution in [3.8, 4) is 0 Å². The lowest BCUT2D eigenvalue weighted by Gasteiger charge is -2.36. The molecule has 2 heterocycles. The number of nitrogens with zero attached hydrogens (tertiary/aromatic N) is 1. The minimum Gasteiger partial charge on any atom is -0.396 e. The maximum Gasteiger partial charge on any atom is 0.244 e. The first kappa shape index (κ1) is 14.5. The molecular weight excluding hydrogens is 264 g/mol. The van der Waals surface area contributed by atoms with Crippen LogP contribution in [0.3, 0.4) is 0 Å². The first-order valence-electron chi connectivity index (χ1n) is 8.00. The highest BCUT2D eigenvalue weighted by Gasteiger charge is 2.32. The van der Waals surface area contributed by atoms with E-state index in [2.05, 4.69) is 17.4 Å². The number of carbonyl (C=O) groups excluding carboxylic acids is 1. The third kappa shape index (κ3) is 3.11. The molecule has 3 rings (SSSR count). The largest absolute Gasteiger partial charge is 0.396 e. The monoisotopic (exact) mass is 288 g/mol. The van der Waals surface area contributed by atoms with Crippen LogP contribution in [0.2, 0.25) is 0 Å². The molecule has 1 amide bonds. The Kier molecular flexibility index (Phi) is 4.56. The van der Waals surface area contributed by atoms with E-state index in [0.717, 1.165) is 50.9 Å². The fourth-order valence-corrected chi connectivity index (χ4v) is 3.59. The van der Waals surface area contributed by atoms with Gasteiger partial charge in [-0.1, -0.05) is 24.3 Å². The number of fused-ring (bicyclic) bond motifs is 1. The van der Waals surface area contributed by atoms with Crippen molar-refractivity contribution < 1.29 is 9.90 Å². The number of aliphatic hydroxyl groups is 1. The van der Waals surface area contributed by atoms with Gasteiger partial charge in [0, 0.05) is 26.2 Å². The molecule has 4 heteroatoms. The predicted molar refractivity (Wildman–Crippen MR) is 81.9 cm³/mol. The van der Waals surface area contributed by atoms with Crippen LogP contribution in [0.4, 0.5) is 0 Å². The third-order valence-corrected chi connectivity index (χ3v) is 4.72. The van der Waals surface area contributed by atoms with Gasteiger partial charge in [-0.2, -0.15) is 0 Å². The number of hydrogen-bond donors (Lipinski definition) is 2. The van der Waals surface area contributed by atoms with Crippen molar-refractivity contribution in [2.45, 2.75) is 31.7 Å². The SMILES string of the molecule is O=C(C1NCCc2ccccc21)N1CCCC(CCO)C1. The summed E-state index contributed by atoms with van der Waals surface area (Å²) < 4.78 is 0. The van der Waals surface area contributed by atoms with Gasteiger partial charge < -0.3 is 15.3 Å². The zero-order chi connectivity index (χ0) is 14.7. The van der Waals surface area contributed by atoms with Crippen LogP contribution >= 0.6 is 0 Å². The third-order valence-electron chi connectivity index (χ3n) is 4.72. The van der Waals surface area contributed by atoms with Gasteiger partial charge in [0.2, 0.25) is 5.91 Å². The predicted octanol–water partition coefficient (Wildman–Crippen LogP) is 1.49. The molecule has 2 atom stereocenters. The van der Waals surface area contributed by atoms with E-state index in [0.29, 0.717) is 5.92 Å². The average molecular weight is 288 g/mol. The Balaban J connectivity index is 1.74. The van der Waals surface area contributed by atoms with Crippen LogP contribution in [0, 0.1) is 5.92 Å². The van der Waals surface area contributed by atoms with Crippen LogP contribution in [0.25, 0.3) is 0 Å². The highest BCUT2D eigenvalue weighted by Crippen LogP contribution is 2.27. The van der Waals surface area contributed by atoms with Crippen molar-refractivity contribution in [1.29, 1.82) is 0 Å². The lowest BCUT2D eigenvalue weighted by Crippen LogP contribution is -2.47. The van der Waals surface area contributed by atoms with E-state index in [1.165, 1.54) is 5.56 Å². The summed E-state index contributed by atoms with van der Waals surface area (Å²) in [5.74, 6) is 0.649. The summed E-state index contributed by atoms with van der Waals surface area (Å²) in [5.41, 5.74) is 2.43. The first-order chi connectivity index (χ1) is 10.3. The van der Waals surface area contributed by atoms with Gasteiger partial charge in [0.05, 0.1) is 0 Å². The molecule has 0 aliphatic carbocycles. The van der Waals surface area contributed by atoms with Crippen molar-refractivity contribution in [3.05, 3.63) is 35.4 Å². The van der Waals surface area contributed by atoms with Crippen LogP contribution in [-0.2, 0) is 11.2 Å². The molecule has 2 N–H and O–H groups in total. The normalized spacial score (nSPS) is 25.5. The number of hydrogen-bond acceptors (Lipinski definition) is 3. The lowest BCUT2D eigenvalue weighted by atomic mass is 9.91. The molecule has 0 saturated carbocycles. The molecule has 1 aromatic carbocycles. The molecule has 1 aromatic rings. The Bertz CT molecular complexity index is 501. The van der Waals surface area contributed by atoms with Crippen LogP contribution < -0.4 is 5.32 Å². The fraction of sp³-hybridized carbons (Fsp3) is 0.588. The van der Waals surface area contributed by atoms with Gasteiger partial charge in [-0.25, -0.2) is 0 Å². The number of aliphatic hydroxyl groups excluding tert-OH is 1. The second-order valence-corrected chi connectivity index (χ2v) is 6.14. The van der Waals surface area contributed by atoms with E-state index >= 15 is 0 Å². The van der Waals surface area contributed by atoms with E-state index in [-0.39, 0.29) is 18.6 Å². The molecule has 4 nitrogen and oxygen atoms in total. The van der Waals surface area contributed by atoms with Crippen molar-refractivity contribution in [1.82, 2.24) is 10.2 Å². The molecule has 2 aliphatic rings. The molecule has 0 radical (unpaired) electrons. The first-order valence-corrected chi connectivity index (χ1v) is 8.00. The molecule has 21 heavy (non-hydrogen) atoms. The van der Waals surface area contributed by atoms with Crippen LogP contribution in [0.5, 0.6) is 0 Å². The van der Waals surface area contributed by atoms with Gasteiger partial charge in [0.25, 0.3) is 0 Å². The molecule has 0 bridgehead atoms. The average Bonchev–Trinajstić information content (AvgIpc) is 2.54. The van der Waals surface area contributed by atoms with Gasteiger partial charge in [-0.3, -0.25) is 4.79 Å². The number of rotatable bonds is 3. The Hall–Kier alpha value is -1.39. The number of benzene rings is 1. The summed E-state index contributed by atoms with van der Waals surface area (Å²) in [6, 6.07) is 8.06. The van der Waals surface area contributed by atoms with E-state index < -0.39 is 0 Å². The summed E-state index contributed by atoms with van der Waals surface area (Å²) in [6.07, 6.45) is 3.97. The molecule has 0 spiro atoms. The van der Waals surface area contributed by atoms with Gasteiger partial charge in [0.1, 0.15) is 6.04 Å². The lowest BCUT2D eigenvalue weighted by molar-refractivity contribution is -0.135. The second-order valence-electron chi connectivity index (χ2n) is 6.14. The van der Waals surface area contributed by atoms with Crippen molar-refractivity contribution in [2.24, 2.45) is 5.92 Å². The number of likely N-dealkylation sites (tertiary alicyclic amines) is 1. The summed E-state index contributed by atoms with van der Waals surface area (Å²) in [4.78, 5) is 14.9. The summed E-state index contributed by atoms with van der Waals surface area (Å²) >= 11 is 0. The molecular formula is C17H24N2O2. The van der Waals surface area contributed by atoms with E-state index in [1.807, 2.05) is 17.0 Å². The van der Waals surface area contributed by atoms with Gasteiger partial charge in [-0.05, 0) is 42.7 Å². The van der Waals surface area contributed by atoms with Crippen LogP contribution in [0.15, 0.2) is 24.3 Å². The number of piperidine rings is 1. The quantitative estimate of drug-likeness (QED) is 0.886. The standard InChI is InChI=1S/C17H24N2O2/c20-11-8-13-4-3-10-19(12-13)17(21)16-15-6-2-1-5-14(15)7-9-18-16/h1-2,5-6,13,16,18,20H,3-4,7-12H2. The Labute approximate surface area is 126 Å². The van der Waals surface area contributed by atoms with E-state index in [4.69, 9.17) is 5.11 Å². The number of amides is 1. The fourth-order valence-electron chi connectivity index (χ4n) is 3.59. The van der Waals surface area contributed by atoms with Crippen molar-refractivity contribution >= 4 is 5.91 Å². The van der Waals surface area contributed by atoms with Crippen LogP contribution in [0.1, 0.15) is 36.4 Å². The summed E-state index contributed by atoms with van der Waals surface area (Å²) in [6.45, 7) is 2.72. The van der Waals surface area contributed by atoms with Gasteiger partial charge >= 0.3 is 0 Å². The molecule has 2 unspecified atom stereocenters. The zero-order valence-electron chi connectivity index (χ0n) is 12.4. The van der Waals surface area contributed by atoms with Crippen molar-refractivity contribution in [3.63, 3.8) is 0 Å². The molecule has 2 aliphatic heterocycles. The summed E-state index contributed by atoms with van der Waals surface area (Å²) in [5, 5.41) is 12.5. The zero-order valence-corrected chi connectivity index (χ0v) is 12.4. The summed E-state index contributed by atoms with van der Waals surface area (Å²) in [7, 11) is 0. The molecule has 1 fully saturated rings. The smallest absolute Gasteiger partial charge is 0.244 e. The maximum atomic E-state index is 12.9. The maximum absolute atomic E-state index is 12.9. The van der Waals surface area contributed by atoms with Gasteiger partial charge in [0.15, 0.2) is 0 Å². The molecule has 1 saturated heterocycles. The Morgan fingerprint density at radius 2 is 2.24 bits per heavy atom. The van der Waals surface area contributed by atoms with E-state index in [9.17, 15) is 4.79 Å². The second kappa shape index (κ2) is 6.58.